The molecule has 26 heavy (non-hydrogen) atoms. The summed E-state index contributed by atoms with van der Waals surface area (Å²) in [5, 5.41) is 0. The summed E-state index contributed by atoms with van der Waals surface area (Å²) in [6.07, 6.45) is 0.773. The van der Waals surface area contributed by atoms with Gasteiger partial charge in [-0.05, 0) is 35.2 Å². The topological polar surface area (TPSA) is 35.5 Å². The highest BCUT2D eigenvalue weighted by atomic mass is 16.5. The van der Waals surface area contributed by atoms with E-state index in [0.717, 1.165) is 45.7 Å². The third-order valence-electron chi connectivity index (χ3n) is 5.01. The zero-order valence-corrected chi connectivity index (χ0v) is 14.9. The molecule has 0 heterocycles. The van der Waals surface area contributed by atoms with Crippen LogP contribution in [0.3, 0.4) is 0 Å². The van der Waals surface area contributed by atoms with E-state index in [1.54, 1.807) is 14.2 Å². The van der Waals surface area contributed by atoms with Crippen LogP contribution in [0.2, 0.25) is 0 Å². The molecule has 0 fully saturated rings. The number of ether oxygens (including phenoxy) is 2. The van der Waals surface area contributed by atoms with Crippen molar-refractivity contribution in [3.05, 3.63) is 94.5 Å². The summed E-state index contributed by atoms with van der Waals surface area (Å²) in [6.45, 7) is 0. The van der Waals surface area contributed by atoms with Crippen LogP contribution in [0, 0.1) is 0 Å². The highest BCUT2D eigenvalue weighted by Crippen LogP contribution is 2.39. The molecular formula is C23H20O3. The van der Waals surface area contributed by atoms with Crippen LogP contribution < -0.4 is 9.47 Å². The van der Waals surface area contributed by atoms with Gasteiger partial charge < -0.3 is 9.47 Å². The Morgan fingerprint density at radius 2 is 1.27 bits per heavy atom. The Labute approximate surface area is 153 Å². The molecule has 0 saturated carbocycles. The Morgan fingerprint density at radius 3 is 1.77 bits per heavy atom. The van der Waals surface area contributed by atoms with E-state index in [1.165, 1.54) is 0 Å². The molecule has 0 bridgehead atoms. The van der Waals surface area contributed by atoms with Crippen molar-refractivity contribution < 1.29 is 14.3 Å². The second kappa shape index (κ2) is 6.68. The molecule has 3 aromatic carbocycles. The first-order valence-corrected chi connectivity index (χ1v) is 8.65. The minimum atomic E-state index is 0.107. The van der Waals surface area contributed by atoms with E-state index in [2.05, 4.69) is 12.1 Å². The van der Waals surface area contributed by atoms with E-state index in [0.29, 0.717) is 0 Å². The third kappa shape index (κ3) is 2.76. The van der Waals surface area contributed by atoms with Crippen LogP contribution in [0.4, 0.5) is 0 Å². The van der Waals surface area contributed by atoms with Crippen molar-refractivity contribution in [2.45, 2.75) is 12.3 Å². The second-order valence-corrected chi connectivity index (χ2v) is 6.48. The number of fused-ring (bicyclic) bond motifs is 2. The second-order valence-electron chi connectivity index (χ2n) is 6.48. The molecule has 0 N–H and O–H groups in total. The van der Waals surface area contributed by atoms with Crippen LogP contribution in [0.1, 0.15) is 38.5 Å². The lowest BCUT2D eigenvalue weighted by atomic mass is 9.75. The maximum Gasteiger partial charge on any atom is 0.193 e. The minimum Gasteiger partial charge on any atom is -0.497 e. The Morgan fingerprint density at radius 1 is 0.769 bits per heavy atom. The first-order chi connectivity index (χ1) is 12.7. The van der Waals surface area contributed by atoms with Gasteiger partial charge in [-0.25, -0.2) is 0 Å². The maximum absolute atomic E-state index is 12.9. The van der Waals surface area contributed by atoms with Crippen molar-refractivity contribution in [3.8, 4) is 11.5 Å². The van der Waals surface area contributed by atoms with Gasteiger partial charge in [-0.1, -0.05) is 48.5 Å². The van der Waals surface area contributed by atoms with Crippen molar-refractivity contribution in [2.24, 2.45) is 0 Å². The molecule has 1 aliphatic rings. The molecule has 130 valence electrons. The SMILES string of the molecule is COc1cc(CC2c3ccccc3C(=O)c3ccccc32)cc(OC)c1. The van der Waals surface area contributed by atoms with Crippen molar-refractivity contribution in [3.63, 3.8) is 0 Å². The molecule has 3 heteroatoms. The molecule has 3 nitrogen and oxygen atoms in total. The van der Waals surface area contributed by atoms with E-state index < -0.39 is 0 Å². The molecule has 0 aromatic heterocycles. The average Bonchev–Trinajstić information content (AvgIpc) is 2.70. The van der Waals surface area contributed by atoms with Gasteiger partial charge in [0.2, 0.25) is 0 Å². The monoisotopic (exact) mass is 344 g/mol. The van der Waals surface area contributed by atoms with E-state index in [9.17, 15) is 4.79 Å². The Bertz CT molecular complexity index is 903. The normalized spacial score (nSPS) is 13.1. The van der Waals surface area contributed by atoms with E-state index in [4.69, 9.17) is 9.47 Å². The molecule has 0 amide bonds. The minimum absolute atomic E-state index is 0.107. The zero-order valence-electron chi connectivity index (χ0n) is 14.9. The van der Waals surface area contributed by atoms with Crippen LogP contribution in [0.15, 0.2) is 66.7 Å². The Hall–Kier alpha value is -3.07. The number of hydrogen-bond acceptors (Lipinski definition) is 3. The summed E-state index contributed by atoms with van der Waals surface area (Å²) in [6, 6.07) is 21.8. The molecule has 0 saturated heterocycles. The molecule has 3 aromatic rings. The number of ketones is 1. The standard InChI is InChI=1S/C23H20O3/c1-25-16-11-15(12-17(14-16)26-2)13-22-18-7-3-5-9-20(18)23(24)21-10-6-4-8-19(21)22/h3-12,14,22H,13H2,1-2H3. The molecule has 0 atom stereocenters. The van der Waals surface area contributed by atoms with Crippen molar-refractivity contribution in [1.82, 2.24) is 0 Å². The van der Waals surface area contributed by atoms with Crippen molar-refractivity contribution >= 4 is 5.78 Å². The van der Waals surface area contributed by atoms with Gasteiger partial charge in [0.05, 0.1) is 14.2 Å². The predicted octanol–water partition coefficient (Wildman–Crippen LogP) is 4.62. The van der Waals surface area contributed by atoms with Crippen LogP contribution in [-0.4, -0.2) is 20.0 Å². The number of methoxy groups -OCH3 is 2. The highest BCUT2D eigenvalue weighted by Gasteiger charge is 2.30. The highest BCUT2D eigenvalue weighted by molar-refractivity contribution is 6.12. The summed E-state index contributed by atoms with van der Waals surface area (Å²) >= 11 is 0. The summed E-state index contributed by atoms with van der Waals surface area (Å²) in [5.74, 6) is 1.77. The smallest absolute Gasteiger partial charge is 0.193 e. The first-order valence-electron chi connectivity index (χ1n) is 8.65. The predicted molar refractivity (Wildman–Crippen MR) is 101 cm³/mol. The fourth-order valence-electron chi connectivity index (χ4n) is 3.77. The molecule has 0 aliphatic heterocycles. The number of rotatable bonds is 4. The van der Waals surface area contributed by atoms with Gasteiger partial charge in [0.25, 0.3) is 0 Å². The average molecular weight is 344 g/mol. The van der Waals surface area contributed by atoms with Gasteiger partial charge in [0.15, 0.2) is 5.78 Å². The number of hydrogen-bond donors (Lipinski definition) is 0. The zero-order chi connectivity index (χ0) is 18.1. The van der Waals surface area contributed by atoms with E-state index in [-0.39, 0.29) is 11.7 Å². The van der Waals surface area contributed by atoms with E-state index >= 15 is 0 Å². The quantitative estimate of drug-likeness (QED) is 0.693. The lowest BCUT2D eigenvalue weighted by Gasteiger charge is -2.28. The van der Waals surface area contributed by atoms with Gasteiger partial charge in [0.1, 0.15) is 11.5 Å². The fourth-order valence-corrected chi connectivity index (χ4v) is 3.77. The fraction of sp³-hybridized carbons (Fsp3) is 0.174. The largest absolute Gasteiger partial charge is 0.497 e. The lowest BCUT2D eigenvalue weighted by molar-refractivity contribution is 0.103. The maximum atomic E-state index is 12.9. The third-order valence-corrected chi connectivity index (χ3v) is 5.01. The molecule has 0 radical (unpaired) electrons. The van der Waals surface area contributed by atoms with Crippen LogP contribution in [0.25, 0.3) is 0 Å². The van der Waals surface area contributed by atoms with Crippen LogP contribution >= 0.6 is 0 Å². The molecule has 4 rings (SSSR count). The van der Waals surface area contributed by atoms with Crippen LogP contribution in [-0.2, 0) is 6.42 Å². The summed E-state index contributed by atoms with van der Waals surface area (Å²) in [5.41, 5.74) is 4.87. The summed E-state index contributed by atoms with van der Waals surface area (Å²) < 4.78 is 10.8. The van der Waals surface area contributed by atoms with E-state index in [1.807, 2.05) is 54.6 Å². The number of benzene rings is 3. The number of carbonyl (C=O) groups excluding carboxylic acids is 1. The van der Waals surface area contributed by atoms with Crippen molar-refractivity contribution in [2.75, 3.05) is 14.2 Å². The van der Waals surface area contributed by atoms with Gasteiger partial charge in [-0.2, -0.15) is 0 Å². The Kier molecular flexibility index (Phi) is 4.21. The van der Waals surface area contributed by atoms with Crippen LogP contribution in [0.5, 0.6) is 11.5 Å². The lowest BCUT2D eigenvalue weighted by Crippen LogP contribution is -2.20. The van der Waals surface area contributed by atoms with Gasteiger partial charge in [-0.15, -0.1) is 0 Å². The molecule has 0 unspecified atom stereocenters. The number of carbonyl (C=O) groups is 1. The molecule has 0 spiro atoms. The molecular weight excluding hydrogens is 324 g/mol. The summed E-state index contributed by atoms with van der Waals surface area (Å²) in [7, 11) is 3.31. The van der Waals surface area contributed by atoms with Crippen molar-refractivity contribution in [1.29, 1.82) is 0 Å². The van der Waals surface area contributed by atoms with Gasteiger partial charge >= 0.3 is 0 Å². The van der Waals surface area contributed by atoms with Gasteiger partial charge in [0, 0.05) is 23.1 Å². The van der Waals surface area contributed by atoms with Gasteiger partial charge in [-0.3, -0.25) is 4.79 Å². The molecule has 1 aliphatic carbocycles. The Balaban J connectivity index is 1.82. The summed E-state index contributed by atoms with van der Waals surface area (Å²) in [4.78, 5) is 12.9. The first kappa shape index (κ1) is 16.4.